The molecule has 0 saturated carbocycles. The predicted molar refractivity (Wildman–Crippen MR) is 149 cm³/mol. The van der Waals surface area contributed by atoms with E-state index in [4.69, 9.17) is 19.6 Å². The van der Waals surface area contributed by atoms with Gasteiger partial charge in [0.2, 0.25) is 5.17 Å². The molecule has 0 spiro atoms. The zero-order chi connectivity index (χ0) is 26.4. The molecule has 0 radical (unpaired) electrons. The molecule has 194 valence electrons. The Morgan fingerprint density at radius 3 is 2.57 bits per heavy atom. The molecule has 37 heavy (non-hydrogen) atoms. The highest BCUT2D eigenvalue weighted by atomic mass is 32.2. The number of hydrogen-bond acceptors (Lipinski definition) is 7. The summed E-state index contributed by atoms with van der Waals surface area (Å²) in [5, 5.41) is 15.8. The molecule has 2 aromatic carbocycles. The summed E-state index contributed by atoms with van der Waals surface area (Å²) in [6, 6.07) is 11.4. The largest absolute Gasteiger partial charge is 0.490 e. The maximum atomic E-state index is 12.7. The van der Waals surface area contributed by atoms with E-state index < -0.39 is 5.91 Å². The molecule has 1 amide bonds. The van der Waals surface area contributed by atoms with Crippen LogP contribution in [-0.4, -0.2) is 46.8 Å². The van der Waals surface area contributed by atoms with E-state index in [9.17, 15) is 4.79 Å². The number of nitrogens with zero attached hydrogens (tertiary/aromatic N) is 3. The number of aliphatic imine (C=N–C) groups is 1. The average Bonchev–Trinajstić information content (AvgIpc) is 3.29. The normalized spacial score (nSPS) is 16.0. The summed E-state index contributed by atoms with van der Waals surface area (Å²) in [6.45, 7) is 9.33. The van der Waals surface area contributed by atoms with Gasteiger partial charge in [0, 0.05) is 0 Å². The highest BCUT2D eigenvalue weighted by Crippen LogP contribution is 2.32. The van der Waals surface area contributed by atoms with Crippen molar-refractivity contribution >= 4 is 39.8 Å². The molecular formula is C28H32N4O4S. The Hall–Kier alpha value is -3.59. The van der Waals surface area contributed by atoms with Crippen LogP contribution in [0.4, 0.5) is 0 Å². The van der Waals surface area contributed by atoms with Crippen molar-refractivity contribution in [2.75, 3.05) is 19.8 Å². The monoisotopic (exact) mass is 520 g/mol. The van der Waals surface area contributed by atoms with Crippen LogP contribution in [0.2, 0.25) is 0 Å². The highest BCUT2D eigenvalue weighted by Gasteiger charge is 2.35. The minimum absolute atomic E-state index is 0.0239. The van der Waals surface area contributed by atoms with E-state index in [1.807, 2.05) is 31.2 Å². The van der Waals surface area contributed by atoms with Crippen LogP contribution in [0.25, 0.3) is 6.08 Å². The molecule has 2 aromatic rings. The Morgan fingerprint density at radius 1 is 1.00 bits per heavy atom. The number of hydrazone groups is 1. The Kier molecular flexibility index (Phi) is 8.66. The first-order chi connectivity index (χ1) is 17.9. The van der Waals surface area contributed by atoms with Gasteiger partial charge < -0.3 is 14.2 Å². The van der Waals surface area contributed by atoms with E-state index in [-0.39, 0.29) is 11.4 Å². The first-order valence-electron chi connectivity index (χ1n) is 12.5. The average molecular weight is 521 g/mol. The number of nitrogens with one attached hydrogen (secondary N) is 1. The lowest BCUT2D eigenvalue weighted by atomic mass is 10.1. The number of thioether (sulfide) groups is 1. The van der Waals surface area contributed by atoms with Crippen molar-refractivity contribution in [2.45, 2.75) is 47.0 Å². The zero-order valence-corrected chi connectivity index (χ0v) is 22.5. The van der Waals surface area contributed by atoms with Gasteiger partial charge in [0.05, 0.1) is 12.2 Å². The summed E-state index contributed by atoms with van der Waals surface area (Å²) in [5.41, 5.74) is 3.29. The van der Waals surface area contributed by atoms with Gasteiger partial charge in [-0.1, -0.05) is 25.5 Å². The van der Waals surface area contributed by atoms with Crippen molar-refractivity contribution in [2.24, 2.45) is 10.1 Å². The molecule has 9 heteroatoms. The molecule has 1 N–H and O–H groups in total. The summed E-state index contributed by atoms with van der Waals surface area (Å²) in [6.07, 6.45) is 4.51. The number of fused-ring (bicyclic) bond motifs is 1. The zero-order valence-electron chi connectivity index (χ0n) is 21.7. The van der Waals surface area contributed by atoms with E-state index in [0.717, 1.165) is 30.1 Å². The van der Waals surface area contributed by atoms with Gasteiger partial charge in [-0.15, -0.1) is 0 Å². The molecule has 0 aliphatic carbocycles. The fraction of sp³-hybridized carbons (Fsp3) is 0.357. The number of carbonyl (C=O) groups is 1. The molecular weight excluding hydrogens is 488 g/mol. The Bertz CT molecular complexity index is 1280. The van der Waals surface area contributed by atoms with Crippen LogP contribution in [0.15, 0.2) is 52.1 Å². The fourth-order valence-electron chi connectivity index (χ4n) is 3.74. The standard InChI is InChI=1S/C28H32N4O4S/c1-5-7-8-25-31-32-26(29)22(27(33)30-28(32)37-25)16-20-10-12-23(24(17-20)34-6-2)36-14-13-35-21-11-9-18(3)19(4)15-21/h9-12,15-17,29H,5-8,13-14H2,1-4H3/b22-16+,29-26?. The number of amides is 1. The molecule has 0 saturated heterocycles. The van der Waals surface area contributed by atoms with Gasteiger partial charge in [-0.2, -0.15) is 15.1 Å². The second-order valence-electron chi connectivity index (χ2n) is 8.70. The van der Waals surface area contributed by atoms with Crippen molar-refractivity contribution in [3.05, 3.63) is 58.7 Å². The first-order valence-corrected chi connectivity index (χ1v) is 13.3. The molecule has 8 nitrogen and oxygen atoms in total. The lowest BCUT2D eigenvalue weighted by Gasteiger charge is -2.20. The quantitative estimate of drug-likeness (QED) is 0.290. The van der Waals surface area contributed by atoms with Crippen LogP contribution in [0.5, 0.6) is 17.2 Å². The lowest BCUT2D eigenvalue weighted by molar-refractivity contribution is -0.114. The van der Waals surface area contributed by atoms with Crippen LogP contribution in [0, 0.1) is 19.3 Å². The Balaban J connectivity index is 1.44. The summed E-state index contributed by atoms with van der Waals surface area (Å²) in [4.78, 5) is 16.9. The predicted octanol–water partition coefficient (Wildman–Crippen LogP) is 5.97. The number of unbranched alkanes of at least 4 members (excludes halogenated alkanes) is 1. The third-order valence-corrected chi connectivity index (χ3v) is 6.88. The second-order valence-corrected chi connectivity index (χ2v) is 9.74. The minimum atomic E-state index is -0.447. The first kappa shape index (κ1) is 26.5. The van der Waals surface area contributed by atoms with Crippen molar-refractivity contribution < 1.29 is 19.0 Å². The number of carbonyl (C=O) groups excluding carboxylic acids is 1. The number of aryl methyl sites for hydroxylation is 2. The second kappa shape index (κ2) is 12.1. The number of rotatable bonds is 11. The molecule has 0 bridgehead atoms. The van der Waals surface area contributed by atoms with Crippen molar-refractivity contribution in [1.29, 1.82) is 5.41 Å². The topological polar surface area (TPSA) is 96.6 Å². The number of ether oxygens (including phenoxy) is 3. The van der Waals surface area contributed by atoms with Crippen LogP contribution < -0.4 is 14.2 Å². The van der Waals surface area contributed by atoms with Crippen molar-refractivity contribution in [3.63, 3.8) is 0 Å². The SMILES string of the molecule is CCCCC1=NN2C(=N)/C(=C\c3ccc(OCCOc4ccc(C)c(C)c4)c(OCC)c3)C(=O)N=C2S1. The molecule has 2 aliphatic heterocycles. The highest BCUT2D eigenvalue weighted by molar-refractivity contribution is 8.26. The molecule has 0 unspecified atom stereocenters. The van der Waals surface area contributed by atoms with E-state index in [2.05, 4.69) is 30.9 Å². The van der Waals surface area contributed by atoms with Crippen molar-refractivity contribution in [3.8, 4) is 17.2 Å². The summed E-state index contributed by atoms with van der Waals surface area (Å²) < 4.78 is 17.5. The Labute approximate surface area is 221 Å². The van der Waals surface area contributed by atoms with Crippen LogP contribution in [0.3, 0.4) is 0 Å². The van der Waals surface area contributed by atoms with Gasteiger partial charge in [0.1, 0.15) is 24.0 Å². The number of benzene rings is 2. The van der Waals surface area contributed by atoms with E-state index >= 15 is 0 Å². The number of amidine groups is 2. The summed E-state index contributed by atoms with van der Waals surface area (Å²) in [7, 11) is 0. The summed E-state index contributed by atoms with van der Waals surface area (Å²) >= 11 is 1.36. The minimum Gasteiger partial charge on any atom is -0.490 e. The maximum Gasteiger partial charge on any atom is 0.283 e. The van der Waals surface area contributed by atoms with Gasteiger partial charge in [-0.25, -0.2) is 0 Å². The van der Waals surface area contributed by atoms with Gasteiger partial charge in [0.25, 0.3) is 5.91 Å². The molecule has 4 rings (SSSR count). The van der Waals surface area contributed by atoms with E-state index in [1.165, 1.54) is 27.9 Å². The lowest BCUT2D eigenvalue weighted by Crippen LogP contribution is -2.35. The number of hydrogen-bond donors (Lipinski definition) is 1. The van der Waals surface area contributed by atoms with Gasteiger partial charge >= 0.3 is 0 Å². The fourth-order valence-corrected chi connectivity index (χ4v) is 4.67. The van der Waals surface area contributed by atoms with E-state index in [0.29, 0.717) is 42.1 Å². The van der Waals surface area contributed by atoms with Crippen LogP contribution in [-0.2, 0) is 4.79 Å². The molecule has 2 aliphatic rings. The molecule has 0 fully saturated rings. The van der Waals surface area contributed by atoms with Crippen LogP contribution in [0.1, 0.15) is 49.8 Å². The maximum absolute atomic E-state index is 12.7. The smallest absolute Gasteiger partial charge is 0.283 e. The van der Waals surface area contributed by atoms with Gasteiger partial charge in [-0.3, -0.25) is 10.2 Å². The summed E-state index contributed by atoms with van der Waals surface area (Å²) in [5.74, 6) is 1.52. The molecule has 0 atom stereocenters. The van der Waals surface area contributed by atoms with Crippen molar-refractivity contribution in [1.82, 2.24) is 5.01 Å². The Morgan fingerprint density at radius 2 is 1.81 bits per heavy atom. The van der Waals surface area contributed by atoms with Gasteiger partial charge in [-0.05, 0) is 92.4 Å². The van der Waals surface area contributed by atoms with E-state index in [1.54, 1.807) is 18.2 Å². The molecule has 2 heterocycles. The van der Waals surface area contributed by atoms with Crippen LogP contribution >= 0.6 is 11.8 Å². The third-order valence-electron chi connectivity index (χ3n) is 5.91. The third kappa shape index (κ3) is 6.40. The van der Waals surface area contributed by atoms with Gasteiger partial charge in [0.15, 0.2) is 17.3 Å². The molecule has 0 aromatic heterocycles.